The molecule has 0 aromatic heterocycles. The molecule has 5 nitrogen and oxygen atoms in total. The van der Waals surface area contributed by atoms with Gasteiger partial charge in [0.1, 0.15) is 0 Å². The number of carbonyl (C=O) groups is 2. The fourth-order valence-corrected chi connectivity index (χ4v) is 2.74. The molecule has 26 heavy (non-hydrogen) atoms. The van der Waals surface area contributed by atoms with E-state index in [4.69, 9.17) is 0 Å². The van der Waals surface area contributed by atoms with Gasteiger partial charge >= 0.3 is 0 Å². The van der Waals surface area contributed by atoms with Crippen molar-refractivity contribution >= 4 is 23.7 Å². The Morgan fingerprint density at radius 1 is 0.923 bits per heavy atom. The maximum atomic E-state index is 13.7. The van der Waals surface area contributed by atoms with Crippen molar-refractivity contribution in [3.8, 4) is 0 Å². The van der Waals surface area contributed by atoms with Crippen molar-refractivity contribution in [2.45, 2.75) is 0 Å². The Morgan fingerprint density at radius 2 is 1.58 bits per heavy atom. The molecule has 1 saturated heterocycles. The number of halogens is 3. The number of hydrogen-bond donors (Lipinski definition) is 1. The first-order valence-electron chi connectivity index (χ1n) is 7.99. The summed E-state index contributed by atoms with van der Waals surface area (Å²) in [6, 6.07) is 8.44. The van der Waals surface area contributed by atoms with E-state index >= 15 is 0 Å². The van der Waals surface area contributed by atoms with Crippen molar-refractivity contribution in [3.63, 3.8) is 0 Å². The zero-order chi connectivity index (χ0) is 18.7. The van der Waals surface area contributed by atoms with Crippen LogP contribution in [0.25, 0.3) is 0 Å². The third-order valence-electron chi connectivity index (χ3n) is 4.23. The number of nitrogens with zero attached hydrogens (tertiary/aromatic N) is 2. The summed E-state index contributed by atoms with van der Waals surface area (Å²) in [7, 11) is 0. The lowest BCUT2D eigenvalue weighted by atomic mass is 10.1. The lowest BCUT2D eigenvalue weighted by Crippen LogP contribution is -2.45. The molecule has 1 N–H and O–H groups in total. The summed E-state index contributed by atoms with van der Waals surface area (Å²) in [5.41, 5.74) is 0.750. The Balaban J connectivity index is 1.67. The second-order valence-electron chi connectivity index (χ2n) is 5.85. The van der Waals surface area contributed by atoms with Gasteiger partial charge in [-0.15, -0.1) is 0 Å². The van der Waals surface area contributed by atoms with Gasteiger partial charge in [0.25, 0.3) is 5.91 Å². The lowest BCUT2D eigenvalue weighted by Gasteiger charge is -2.34. The van der Waals surface area contributed by atoms with E-state index in [0.29, 0.717) is 37.9 Å². The summed E-state index contributed by atoms with van der Waals surface area (Å²) in [6.07, 6.45) is 0.827. The molecule has 0 spiro atoms. The minimum Gasteiger partial charge on any atom is -0.368 e. The molecule has 0 aliphatic carbocycles. The number of hydrogen-bond acceptors (Lipinski definition) is 3. The molecule has 2 aromatic rings. The highest BCUT2D eigenvalue weighted by atomic mass is 19.2. The molecule has 8 heteroatoms. The van der Waals surface area contributed by atoms with Crippen LogP contribution in [0.2, 0.25) is 0 Å². The summed E-state index contributed by atoms with van der Waals surface area (Å²) < 4.78 is 39.9. The van der Waals surface area contributed by atoms with Crippen LogP contribution in [0.5, 0.6) is 0 Å². The third kappa shape index (κ3) is 3.63. The monoisotopic (exact) mass is 363 g/mol. The highest BCUT2D eigenvalue weighted by Gasteiger charge is 2.19. The molecule has 0 saturated carbocycles. The molecule has 1 heterocycles. The standard InChI is InChI=1S/C18H16F3N3O2/c19-15-6-5-14(16(20)17(15)21)18(26)22-12-1-3-13(4-2-12)24-9-7-23(11-25)8-10-24/h1-6,11H,7-10H2,(H,22,26). The summed E-state index contributed by atoms with van der Waals surface area (Å²) in [5, 5.41) is 2.45. The molecule has 136 valence electrons. The molecule has 2 amide bonds. The average molecular weight is 363 g/mol. The molecule has 1 aliphatic heterocycles. The zero-order valence-corrected chi connectivity index (χ0v) is 13.7. The molecule has 1 aliphatic rings. The van der Waals surface area contributed by atoms with Crippen LogP contribution in [0, 0.1) is 17.5 Å². The van der Waals surface area contributed by atoms with Crippen LogP contribution in [-0.2, 0) is 4.79 Å². The van der Waals surface area contributed by atoms with Gasteiger partial charge in [0, 0.05) is 37.6 Å². The Labute approximate surface area is 148 Å². The quantitative estimate of drug-likeness (QED) is 0.671. The molecule has 3 rings (SSSR count). The van der Waals surface area contributed by atoms with Crippen LogP contribution in [0.4, 0.5) is 24.5 Å². The Bertz CT molecular complexity index is 819. The molecule has 0 atom stereocenters. The molecular formula is C18H16F3N3O2. The first-order chi connectivity index (χ1) is 12.5. The molecule has 0 bridgehead atoms. The van der Waals surface area contributed by atoms with Crippen LogP contribution >= 0.6 is 0 Å². The van der Waals surface area contributed by atoms with Gasteiger partial charge in [-0.25, -0.2) is 13.2 Å². The summed E-state index contributed by atoms with van der Waals surface area (Å²) in [6.45, 7) is 2.67. The van der Waals surface area contributed by atoms with Crippen LogP contribution in [0.15, 0.2) is 36.4 Å². The second kappa shape index (κ2) is 7.47. The Morgan fingerprint density at radius 3 is 2.19 bits per heavy atom. The number of amides is 2. The first-order valence-corrected chi connectivity index (χ1v) is 7.99. The number of benzene rings is 2. The van der Waals surface area contributed by atoms with E-state index in [2.05, 4.69) is 10.2 Å². The van der Waals surface area contributed by atoms with Gasteiger partial charge in [-0.05, 0) is 36.4 Å². The van der Waals surface area contributed by atoms with Crippen molar-refractivity contribution in [2.75, 3.05) is 36.4 Å². The maximum absolute atomic E-state index is 13.7. The number of rotatable bonds is 4. The van der Waals surface area contributed by atoms with Gasteiger partial charge in [0.05, 0.1) is 5.56 Å². The van der Waals surface area contributed by atoms with Crippen molar-refractivity contribution in [1.29, 1.82) is 0 Å². The molecule has 2 aromatic carbocycles. The van der Waals surface area contributed by atoms with E-state index in [1.54, 1.807) is 29.2 Å². The van der Waals surface area contributed by atoms with E-state index in [-0.39, 0.29) is 0 Å². The van der Waals surface area contributed by atoms with E-state index in [1.807, 2.05) is 0 Å². The topological polar surface area (TPSA) is 52.7 Å². The minimum absolute atomic E-state index is 0.398. The van der Waals surface area contributed by atoms with Gasteiger partial charge < -0.3 is 15.1 Å². The number of anilines is 2. The van der Waals surface area contributed by atoms with Gasteiger partial charge in [-0.1, -0.05) is 0 Å². The summed E-state index contributed by atoms with van der Waals surface area (Å²) in [4.78, 5) is 26.6. The number of nitrogens with one attached hydrogen (secondary N) is 1. The first kappa shape index (κ1) is 17.8. The van der Waals surface area contributed by atoms with E-state index in [1.165, 1.54) is 0 Å². The van der Waals surface area contributed by atoms with Gasteiger partial charge in [0.15, 0.2) is 17.5 Å². The van der Waals surface area contributed by atoms with Crippen molar-refractivity contribution in [3.05, 3.63) is 59.4 Å². The summed E-state index contributed by atoms with van der Waals surface area (Å²) in [5.74, 6) is -5.42. The third-order valence-corrected chi connectivity index (χ3v) is 4.23. The number of carbonyl (C=O) groups excluding carboxylic acids is 2. The fraction of sp³-hybridized carbons (Fsp3) is 0.222. The zero-order valence-electron chi connectivity index (χ0n) is 13.7. The Hall–Kier alpha value is -3.03. The average Bonchev–Trinajstić information content (AvgIpc) is 2.67. The molecule has 0 radical (unpaired) electrons. The number of piperazine rings is 1. The lowest BCUT2D eigenvalue weighted by molar-refractivity contribution is -0.118. The fourth-order valence-electron chi connectivity index (χ4n) is 2.74. The van der Waals surface area contributed by atoms with E-state index in [9.17, 15) is 22.8 Å². The predicted molar refractivity (Wildman–Crippen MR) is 90.6 cm³/mol. The van der Waals surface area contributed by atoms with E-state index in [0.717, 1.165) is 18.2 Å². The molecule has 0 unspecified atom stereocenters. The second-order valence-corrected chi connectivity index (χ2v) is 5.85. The van der Waals surface area contributed by atoms with Crippen LogP contribution in [-0.4, -0.2) is 43.4 Å². The molecular weight excluding hydrogens is 347 g/mol. The van der Waals surface area contributed by atoms with Crippen LogP contribution in [0.3, 0.4) is 0 Å². The highest BCUT2D eigenvalue weighted by molar-refractivity contribution is 6.04. The van der Waals surface area contributed by atoms with Gasteiger partial charge in [0.2, 0.25) is 6.41 Å². The molecule has 1 fully saturated rings. The van der Waals surface area contributed by atoms with Crippen molar-refractivity contribution in [2.24, 2.45) is 0 Å². The van der Waals surface area contributed by atoms with Gasteiger partial charge in [-0.3, -0.25) is 9.59 Å². The normalized spacial score (nSPS) is 14.3. The minimum atomic E-state index is -1.68. The van der Waals surface area contributed by atoms with Crippen molar-refractivity contribution in [1.82, 2.24) is 4.90 Å². The SMILES string of the molecule is O=CN1CCN(c2ccc(NC(=O)c3ccc(F)c(F)c3F)cc2)CC1. The van der Waals surface area contributed by atoms with Crippen molar-refractivity contribution < 1.29 is 22.8 Å². The van der Waals surface area contributed by atoms with Crippen LogP contribution in [0.1, 0.15) is 10.4 Å². The smallest absolute Gasteiger partial charge is 0.258 e. The summed E-state index contributed by atoms with van der Waals surface area (Å²) >= 11 is 0. The van der Waals surface area contributed by atoms with Crippen LogP contribution < -0.4 is 10.2 Å². The Kier molecular flexibility index (Phi) is 5.11. The van der Waals surface area contributed by atoms with E-state index < -0.39 is 28.9 Å². The largest absolute Gasteiger partial charge is 0.368 e. The maximum Gasteiger partial charge on any atom is 0.258 e. The van der Waals surface area contributed by atoms with Gasteiger partial charge in [-0.2, -0.15) is 0 Å². The predicted octanol–water partition coefficient (Wildman–Crippen LogP) is 2.63. The highest BCUT2D eigenvalue weighted by Crippen LogP contribution is 2.21.